The lowest BCUT2D eigenvalue weighted by Gasteiger charge is -2.23. The summed E-state index contributed by atoms with van der Waals surface area (Å²) in [5, 5.41) is 4.94. The van der Waals surface area contributed by atoms with Crippen LogP contribution in [-0.4, -0.2) is 49.5 Å². The van der Waals surface area contributed by atoms with Crippen LogP contribution in [0.15, 0.2) is 54.0 Å². The number of amides is 1. The van der Waals surface area contributed by atoms with E-state index in [9.17, 15) is 4.79 Å². The van der Waals surface area contributed by atoms with E-state index in [0.717, 1.165) is 35.9 Å². The van der Waals surface area contributed by atoms with Crippen molar-refractivity contribution in [2.45, 2.75) is 20.8 Å². The number of nitrogens with two attached hydrogens (primary N) is 1. The number of benzene rings is 1. The molecule has 0 atom stereocenters. The first-order valence-corrected chi connectivity index (χ1v) is 11.5. The van der Waals surface area contributed by atoms with Crippen LogP contribution in [0.2, 0.25) is 0 Å². The van der Waals surface area contributed by atoms with Gasteiger partial charge in [-0.1, -0.05) is 26.0 Å². The molecule has 31 heavy (non-hydrogen) atoms. The summed E-state index contributed by atoms with van der Waals surface area (Å²) in [6.45, 7) is 8.78. The Kier molecular flexibility index (Phi) is 9.49. The number of thiophene rings is 1. The molecule has 0 bridgehead atoms. The van der Waals surface area contributed by atoms with E-state index in [1.54, 1.807) is 23.6 Å². The molecule has 0 fully saturated rings. The van der Waals surface area contributed by atoms with Crippen molar-refractivity contribution < 1.29 is 4.79 Å². The predicted octanol–water partition coefficient (Wildman–Crippen LogP) is 5.06. The first-order chi connectivity index (χ1) is 15.0. The average Bonchev–Trinajstić information content (AvgIpc) is 3.32. The zero-order valence-electron chi connectivity index (χ0n) is 19.1. The molecule has 0 saturated heterocycles. The van der Waals surface area contributed by atoms with Crippen LogP contribution in [-0.2, 0) is 0 Å². The zero-order chi connectivity index (χ0) is 22.8. The maximum absolute atomic E-state index is 12.7. The molecule has 2 heterocycles. The Labute approximate surface area is 189 Å². The van der Waals surface area contributed by atoms with Gasteiger partial charge >= 0.3 is 0 Å². The minimum absolute atomic E-state index is 0.226. The molecule has 3 rings (SSSR count). The second-order valence-electron chi connectivity index (χ2n) is 7.02. The fourth-order valence-electron chi connectivity index (χ4n) is 2.92. The van der Waals surface area contributed by atoms with Crippen molar-refractivity contribution in [3.8, 4) is 10.4 Å². The fourth-order valence-corrected chi connectivity index (χ4v) is 3.64. The van der Waals surface area contributed by atoms with E-state index < -0.39 is 0 Å². The van der Waals surface area contributed by atoms with E-state index in [1.807, 2.05) is 69.7 Å². The average molecular weight is 440 g/mol. The van der Waals surface area contributed by atoms with Gasteiger partial charge in [0, 0.05) is 30.7 Å². The molecule has 0 aliphatic carbocycles. The van der Waals surface area contributed by atoms with Gasteiger partial charge in [-0.05, 0) is 62.3 Å². The molecule has 0 aliphatic heterocycles. The minimum Gasteiger partial charge on any atom is -0.397 e. The third kappa shape index (κ3) is 6.80. The standard InChI is InChI=1S/C22H27N5OS.C2H6/c1-4-27(12-11-26(2)3)21-10-8-17(15-24-21)22(28)25-19-14-16(7-9-18(19)23)20-6-5-13-29-20;1-2/h5-10,13-15H,4,11-12,23H2,1-3H3,(H,25,28);1-2H3. The maximum atomic E-state index is 12.7. The molecule has 1 aromatic carbocycles. The van der Waals surface area contributed by atoms with Crippen LogP contribution in [0.5, 0.6) is 0 Å². The van der Waals surface area contributed by atoms with Gasteiger partial charge in [-0.2, -0.15) is 0 Å². The van der Waals surface area contributed by atoms with Crippen molar-refractivity contribution in [3.63, 3.8) is 0 Å². The maximum Gasteiger partial charge on any atom is 0.257 e. The molecule has 0 saturated carbocycles. The number of pyridine rings is 1. The van der Waals surface area contributed by atoms with Crippen LogP contribution in [0.25, 0.3) is 10.4 Å². The molecule has 166 valence electrons. The number of nitrogens with one attached hydrogen (secondary N) is 1. The Hall–Kier alpha value is -2.90. The van der Waals surface area contributed by atoms with Gasteiger partial charge in [0.2, 0.25) is 0 Å². The number of rotatable bonds is 8. The molecule has 3 aromatic rings. The number of likely N-dealkylation sites (N-methyl/N-ethyl adjacent to an activating group) is 2. The normalized spacial score (nSPS) is 10.4. The van der Waals surface area contributed by atoms with Crippen molar-refractivity contribution in [2.24, 2.45) is 0 Å². The van der Waals surface area contributed by atoms with Crippen molar-refractivity contribution >= 4 is 34.4 Å². The van der Waals surface area contributed by atoms with Crippen molar-refractivity contribution in [3.05, 3.63) is 59.6 Å². The Morgan fingerprint density at radius 3 is 2.48 bits per heavy atom. The number of anilines is 3. The molecule has 0 radical (unpaired) electrons. The van der Waals surface area contributed by atoms with Crippen LogP contribution in [0.1, 0.15) is 31.1 Å². The zero-order valence-corrected chi connectivity index (χ0v) is 19.9. The molecule has 6 nitrogen and oxygen atoms in total. The van der Waals surface area contributed by atoms with Crippen LogP contribution in [0.3, 0.4) is 0 Å². The minimum atomic E-state index is -0.226. The van der Waals surface area contributed by atoms with Crippen LogP contribution < -0.4 is 16.0 Å². The summed E-state index contributed by atoms with van der Waals surface area (Å²) < 4.78 is 0. The van der Waals surface area contributed by atoms with E-state index in [1.165, 1.54) is 0 Å². The van der Waals surface area contributed by atoms with Crippen LogP contribution in [0.4, 0.5) is 17.2 Å². The monoisotopic (exact) mass is 439 g/mol. The van der Waals surface area contributed by atoms with Gasteiger partial charge < -0.3 is 20.9 Å². The number of carbonyl (C=O) groups is 1. The number of nitrogen functional groups attached to an aromatic ring is 1. The Balaban J connectivity index is 0.00000166. The second kappa shape index (κ2) is 12.1. The molecule has 0 spiro atoms. The summed E-state index contributed by atoms with van der Waals surface area (Å²) in [6.07, 6.45) is 1.61. The van der Waals surface area contributed by atoms with Gasteiger partial charge in [0.25, 0.3) is 5.91 Å². The highest BCUT2D eigenvalue weighted by atomic mass is 32.1. The van der Waals surface area contributed by atoms with Gasteiger partial charge in [0.15, 0.2) is 0 Å². The SMILES string of the molecule is CC.CCN(CCN(C)C)c1ccc(C(=O)Nc2cc(-c3cccs3)ccc2N)cn1. The highest BCUT2D eigenvalue weighted by Gasteiger charge is 2.12. The molecule has 0 aliphatic rings. The van der Waals surface area contributed by atoms with Crippen molar-refractivity contribution in [1.29, 1.82) is 0 Å². The first-order valence-electron chi connectivity index (χ1n) is 10.6. The smallest absolute Gasteiger partial charge is 0.257 e. The highest BCUT2D eigenvalue weighted by molar-refractivity contribution is 7.13. The quantitative estimate of drug-likeness (QED) is 0.480. The number of nitrogens with zero attached hydrogens (tertiary/aromatic N) is 3. The summed E-state index contributed by atoms with van der Waals surface area (Å²) in [7, 11) is 4.10. The number of carbonyl (C=O) groups excluding carboxylic acids is 1. The second-order valence-corrected chi connectivity index (χ2v) is 7.97. The van der Waals surface area contributed by atoms with E-state index >= 15 is 0 Å². The first kappa shape index (κ1) is 24.4. The van der Waals surface area contributed by atoms with E-state index in [-0.39, 0.29) is 5.91 Å². The highest BCUT2D eigenvalue weighted by Crippen LogP contribution is 2.30. The molecular formula is C24H33N5OS. The van der Waals surface area contributed by atoms with Crippen molar-refractivity contribution in [1.82, 2.24) is 9.88 Å². The summed E-state index contributed by atoms with van der Waals surface area (Å²) in [5.41, 5.74) is 8.73. The van der Waals surface area contributed by atoms with Crippen LogP contribution >= 0.6 is 11.3 Å². The van der Waals surface area contributed by atoms with E-state index in [0.29, 0.717) is 16.9 Å². The predicted molar refractivity (Wildman–Crippen MR) is 134 cm³/mol. The lowest BCUT2D eigenvalue weighted by Crippen LogP contribution is -2.32. The van der Waals surface area contributed by atoms with E-state index in [2.05, 4.69) is 27.0 Å². The Morgan fingerprint density at radius 2 is 1.90 bits per heavy atom. The molecule has 1 amide bonds. The van der Waals surface area contributed by atoms with Crippen LogP contribution in [0, 0.1) is 0 Å². The summed E-state index contributed by atoms with van der Waals surface area (Å²) in [5.74, 6) is 0.639. The third-order valence-corrected chi connectivity index (χ3v) is 5.56. The summed E-state index contributed by atoms with van der Waals surface area (Å²) in [4.78, 5) is 22.6. The molecule has 3 N–H and O–H groups in total. The molecule has 0 unspecified atom stereocenters. The fraction of sp³-hybridized carbons (Fsp3) is 0.333. The lowest BCUT2D eigenvalue weighted by molar-refractivity contribution is 0.102. The lowest BCUT2D eigenvalue weighted by atomic mass is 10.1. The third-order valence-electron chi connectivity index (χ3n) is 4.64. The summed E-state index contributed by atoms with van der Waals surface area (Å²) >= 11 is 1.65. The molecule has 7 heteroatoms. The Bertz CT molecular complexity index is 939. The van der Waals surface area contributed by atoms with Crippen molar-refractivity contribution in [2.75, 3.05) is 49.7 Å². The summed E-state index contributed by atoms with van der Waals surface area (Å²) in [6, 6.07) is 13.4. The number of hydrogen-bond acceptors (Lipinski definition) is 6. The van der Waals surface area contributed by atoms with Gasteiger partial charge in [-0.3, -0.25) is 4.79 Å². The molecular weight excluding hydrogens is 406 g/mol. The number of hydrogen-bond donors (Lipinski definition) is 2. The largest absolute Gasteiger partial charge is 0.397 e. The van der Waals surface area contributed by atoms with E-state index in [4.69, 9.17) is 5.73 Å². The molecule has 2 aromatic heterocycles. The number of aromatic nitrogens is 1. The Morgan fingerprint density at radius 1 is 1.13 bits per heavy atom. The van der Waals surface area contributed by atoms with Gasteiger partial charge in [0.1, 0.15) is 5.82 Å². The van der Waals surface area contributed by atoms with Gasteiger partial charge in [-0.25, -0.2) is 4.98 Å². The van der Waals surface area contributed by atoms with Gasteiger partial charge in [0.05, 0.1) is 16.9 Å². The van der Waals surface area contributed by atoms with Gasteiger partial charge in [-0.15, -0.1) is 11.3 Å². The topological polar surface area (TPSA) is 74.5 Å².